The second kappa shape index (κ2) is 7.43. The van der Waals surface area contributed by atoms with E-state index in [1.165, 1.54) is 12.8 Å². The van der Waals surface area contributed by atoms with Gasteiger partial charge in [-0.25, -0.2) is 0 Å². The Balaban J connectivity index is 3.24. The van der Waals surface area contributed by atoms with E-state index in [9.17, 15) is 0 Å². The summed E-state index contributed by atoms with van der Waals surface area (Å²) in [6.45, 7) is 2.16. The van der Waals surface area contributed by atoms with Crippen LogP contribution in [0.3, 0.4) is 0 Å². The van der Waals surface area contributed by atoms with Gasteiger partial charge in [0, 0.05) is 5.88 Å². The maximum atomic E-state index is 5.89. The fourth-order valence-electron chi connectivity index (χ4n) is 0.694. The Labute approximate surface area is 73.2 Å². The minimum Gasteiger partial charge on any atom is -0.122 e. The Morgan fingerprint density at radius 2 is 2.20 bits per heavy atom. The van der Waals surface area contributed by atoms with Crippen LogP contribution in [0, 0.1) is 0 Å². The van der Waals surface area contributed by atoms with Gasteiger partial charge >= 0.3 is 0 Å². The molecule has 0 spiro atoms. The Bertz CT molecular complexity index is 89.3. The smallest absolute Gasteiger partial charge is 0.0516 e. The van der Waals surface area contributed by atoms with E-state index in [4.69, 9.17) is 23.2 Å². The number of hydrogen-bond acceptors (Lipinski definition) is 0. The molecule has 0 radical (unpaired) electrons. The van der Waals surface area contributed by atoms with Crippen molar-refractivity contribution in [3.8, 4) is 0 Å². The van der Waals surface area contributed by atoms with Crippen molar-refractivity contribution in [1.29, 1.82) is 0 Å². The Morgan fingerprint density at radius 3 is 2.70 bits per heavy atom. The molecule has 0 heterocycles. The molecule has 0 bridgehead atoms. The maximum absolute atomic E-state index is 5.89. The zero-order chi connectivity index (χ0) is 7.82. The molecule has 0 amide bonds. The lowest BCUT2D eigenvalue weighted by Gasteiger charge is -2.00. The first-order valence-corrected chi connectivity index (χ1v) is 4.65. The summed E-state index contributed by atoms with van der Waals surface area (Å²) in [4.78, 5) is 0. The van der Waals surface area contributed by atoms with Gasteiger partial charge in [0.2, 0.25) is 0 Å². The van der Waals surface area contributed by atoms with Gasteiger partial charge in [0.15, 0.2) is 0 Å². The highest BCUT2D eigenvalue weighted by atomic mass is 35.5. The molecular formula is C8H14Cl2. The molecule has 0 rings (SSSR count). The largest absolute Gasteiger partial charge is 0.122 e. The molecule has 2 heteroatoms. The van der Waals surface area contributed by atoms with E-state index in [2.05, 4.69) is 6.92 Å². The van der Waals surface area contributed by atoms with Gasteiger partial charge in [0.1, 0.15) is 0 Å². The normalized spacial score (nSPS) is 14.3. The highest BCUT2D eigenvalue weighted by Gasteiger charge is 1.96. The Kier molecular flexibility index (Phi) is 7.66. The molecular weight excluding hydrogens is 167 g/mol. The van der Waals surface area contributed by atoms with Crippen molar-refractivity contribution in [2.75, 3.05) is 5.88 Å². The van der Waals surface area contributed by atoms with Crippen molar-refractivity contribution in [1.82, 2.24) is 0 Å². The van der Waals surface area contributed by atoms with Crippen molar-refractivity contribution in [2.24, 2.45) is 0 Å². The fraction of sp³-hybridized carbons (Fsp3) is 0.750. The van der Waals surface area contributed by atoms with Crippen LogP contribution in [0.5, 0.6) is 0 Å². The van der Waals surface area contributed by atoms with E-state index in [1.54, 1.807) is 0 Å². The fourth-order valence-corrected chi connectivity index (χ4v) is 1.05. The quantitative estimate of drug-likeness (QED) is 0.449. The van der Waals surface area contributed by atoms with Crippen LogP contribution in [0.15, 0.2) is 12.2 Å². The molecule has 0 saturated carbocycles. The standard InChI is InChI=1S/C8H14Cl2/c1-2-3-5-8(10)6-4-7-9/h4,6,8H,2-3,5,7H2,1H3/b6-4+. The summed E-state index contributed by atoms with van der Waals surface area (Å²) in [6, 6.07) is 0. The predicted octanol–water partition coefficient (Wildman–Crippen LogP) is 3.58. The van der Waals surface area contributed by atoms with Crippen molar-refractivity contribution in [3.63, 3.8) is 0 Å². The van der Waals surface area contributed by atoms with Crippen LogP contribution in [0.4, 0.5) is 0 Å². The van der Waals surface area contributed by atoms with Crippen LogP contribution in [0.2, 0.25) is 0 Å². The molecule has 0 aromatic heterocycles. The van der Waals surface area contributed by atoms with E-state index >= 15 is 0 Å². The number of unbranched alkanes of at least 4 members (excludes halogenated alkanes) is 1. The van der Waals surface area contributed by atoms with Crippen LogP contribution in [0.25, 0.3) is 0 Å². The predicted molar refractivity (Wildman–Crippen MR) is 49.0 cm³/mol. The molecule has 0 aliphatic rings. The van der Waals surface area contributed by atoms with Gasteiger partial charge in [-0.1, -0.05) is 31.9 Å². The van der Waals surface area contributed by atoms with E-state index in [0.29, 0.717) is 5.88 Å². The van der Waals surface area contributed by atoms with Crippen molar-refractivity contribution < 1.29 is 0 Å². The van der Waals surface area contributed by atoms with Crippen molar-refractivity contribution in [2.45, 2.75) is 31.6 Å². The molecule has 0 nitrogen and oxygen atoms in total. The summed E-state index contributed by atoms with van der Waals surface area (Å²) < 4.78 is 0. The third kappa shape index (κ3) is 6.44. The van der Waals surface area contributed by atoms with Crippen LogP contribution in [-0.4, -0.2) is 11.3 Å². The van der Waals surface area contributed by atoms with Gasteiger partial charge < -0.3 is 0 Å². The SMILES string of the molecule is CCCCC(Cl)/C=C/CCl. The van der Waals surface area contributed by atoms with Crippen LogP contribution in [0.1, 0.15) is 26.2 Å². The van der Waals surface area contributed by atoms with Gasteiger partial charge in [-0.05, 0) is 6.42 Å². The molecule has 1 atom stereocenters. The van der Waals surface area contributed by atoms with Gasteiger partial charge in [-0.15, -0.1) is 23.2 Å². The molecule has 0 aliphatic heterocycles. The molecule has 10 heavy (non-hydrogen) atoms. The van der Waals surface area contributed by atoms with Gasteiger partial charge in [0.05, 0.1) is 5.38 Å². The maximum Gasteiger partial charge on any atom is 0.0516 e. The number of allylic oxidation sites excluding steroid dienone is 2. The number of hydrogen-bond donors (Lipinski definition) is 0. The molecule has 60 valence electrons. The lowest BCUT2D eigenvalue weighted by Crippen LogP contribution is -1.92. The molecule has 0 aliphatic carbocycles. The summed E-state index contributed by atoms with van der Waals surface area (Å²) in [5.41, 5.74) is 0. The van der Waals surface area contributed by atoms with Crippen molar-refractivity contribution in [3.05, 3.63) is 12.2 Å². The zero-order valence-corrected chi connectivity index (χ0v) is 7.83. The van der Waals surface area contributed by atoms with Crippen LogP contribution in [-0.2, 0) is 0 Å². The summed E-state index contributed by atoms with van der Waals surface area (Å²) in [6.07, 6.45) is 7.32. The highest BCUT2D eigenvalue weighted by Crippen LogP contribution is 2.08. The van der Waals surface area contributed by atoms with E-state index in [1.807, 2.05) is 12.2 Å². The highest BCUT2D eigenvalue weighted by molar-refractivity contribution is 6.22. The molecule has 0 fully saturated rings. The molecule has 0 aromatic carbocycles. The van der Waals surface area contributed by atoms with Crippen LogP contribution >= 0.6 is 23.2 Å². The monoisotopic (exact) mass is 180 g/mol. The van der Waals surface area contributed by atoms with Gasteiger partial charge in [0.25, 0.3) is 0 Å². The number of alkyl halides is 2. The third-order valence-electron chi connectivity index (χ3n) is 1.27. The van der Waals surface area contributed by atoms with Crippen molar-refractivity contribution >= 4 is 23.2 Å². The van der Waals surface area contributed by atoms with Crippen LogP contribution < -0.4 is 0 Å². The molecule has 0 N–H and O–H groups in total. The minimum atomic E-state index is 0.179. The molecule has 0 aromatic rings. The average Bonchev–Trinajstić information content (AvgIpc) is 1.97. The average molecular weight is 181 g/mol. The second-order valence-electron chi connectivity index (χ2n) is 2.24. The topological polar surface area (TPSA) is 0 Å². The Morgan fingerprint density at radius 1 is 1.50 bits per heavy atom. The van der Waals surface area contributed by atoms with E-state index in [0.717, 1.165) is 6.42 Å². The lowest BCUT2D eigenvalue weighted by atomic mass is 10.2. The minimum absolute atomic E-state index is 0.179. The molecule has 0 saturated heterocycles. The number of halogens is 2. The third-order valence-corrected chi connectivity index (χ3v) is 1.81. The first-order valence-electron chi connectivity index (χ1n) is 3.68. The zero-order valence-electron chi connectivity index (χ0n) is 6.32. The lowest BCUT2D eigenvalue weighted by molar-refractivity contribution is 0.733. The summed E-state index contributed by atoms with van der Waals surface area (Å²) in [5.74, 6) is 0.565. The van der Waals surface area contributed by atoms with E-state index in [-0.39, 0.29) is 5.38 Å². The summed E-state index contributed by atoms with van der Waals surface area (Å²) in [5, 5.41) is 0.179. The van der Waals surface area contributed by atoms with Gasteiger partial charge in [-0.3, -0.25) is 0 Å². The summed E-state index contributed by atoms with van der Waals surface area (Å²) in [7, 11) is 0. The molecule has 1 unspecified atom stereocenters. The van der Waals surface area contributed by atoms with Gasteiger partial charge in [-0.2, -0.15) is 0 Å². The Hall–Kier alpha value is 0.320. The van der Waals surface area contributed by atoms with E-state index < -0.39 is 0 Å². The first-order chi connectivity index (χ1) is 4.81. The first kappa shape index (κ1) is 10.3. The number of rotatable bonds is 5. The summed E-state index contributed by atoms with van der Waals surface area (Å²) >= 11 is 11.3. The second-order valence-corrected chi connectivity index (χ2v) is 3.11.